The molecule has 0 radical (unpaired) electrons. The topological polar surface area (TPSA) is 156 Å². The van der Waals surface area contributed by atoms with Crippen molar-refractivity contribution in [2.24, 2.45) is 17.8 Å². The van der Waals surface area contributed by atoms with Crippen molar-refractivity contribution >= 4 is 27.7 Å². The molecule has 3 amide bonds. The van der Waals surface area contributed by atoms with Crippen LogP contribution in [-0.4, -0.2) is 75.6 Å². The van der Waals surface area contributed by atoms with Crippen molar-refractivity contribution < 1.29 is 22.8 Å². The predicted molar refractivity (Wildman–Crippen MR) is 148 cm³/mol. The van der Waals surface area contributed by atoms with Gasteiger partial charge in [-0.25, -0.2) is 8.42 Å². The number of aromatic nitrogens is 4. The molecule has 12 nitrogen and oxygen atoms in total. The Morgan fingerprint density at radius 1 is 1.10 bits per heavy atom. The minimum absolute atomic E-state index is 0.134. The highest BCUT2D eigenvalue weighted by molar-refractivity contribution is 7.91. The molecule has 5 atom stereocenters. The summed E-state index contributed by atoms with van der Waals surface area (Å²) in [6.07, 6.45) is 8.31. The van der Waals surface area contributed by atoms with E-state index in [1.807, 2.05) is 42.5 Å². The number of carbonyl (C=O) groups is 3. The van der Waals surface area contributed by atoms with Crippen LogP contribution in [0.1, 0.15) is 57.4 Å². The van der Waals surface area contributed by atoms with Gasteiger partial charge in [0, 0.05) is 25.1 Å². The lowest BCUT2D eigenvalue weighted by molar-refractivity contribution is -0.140. The lowest BCUT2D eigenvalue weighted by atomic mass is 9.93. The van der Waals surface area contributed by atoms with Crippen molar-refractivity contribution in [2.45, 2.75) is 68.2 Å². The summed E-state index contributed by atoms with van der Waals surface area (Å²) in [6, 6.07) is 9.09. The third-order valence-electron chi connectivity index (χ3n) is 8.80. The van der Waals surface area contributed by atoms with E-state index in [-0.39, 0.29) is 17.9 Å². The minimum atomic E-state index is -3.79. The second-order valence-corrected chi connectivity index (χ2v) is 13.7. The number of amides is 3. The summed E-state index contributed by atoms with van der Waals surface area (Å²) in [5.41, 5.74) is -0.547. The van der Waals surface area contributed by atoms with Crippen LogP contribution >= 0.6 is 0 Å². The molecule has 1 aromatic carbocycles. The fourth-order valence-corrected chi connectivity index (χ4v) is 7.45. The second-order valence-electron chi connectivity index (χ2n) is 11.8. The summed E-state index contributed by atoms with van der Waals surface area (Å²) < 4.78 is 27.4. The molecule has 0 bridgehead atoms. The van der Waals surface area contributed by atoms with Gasteiger partial charge in [-0.15, -0.1) is 10.2 Å². The smallest absolute Gasteiger partial charge is 0.259 e. The maximum atomic E-state index is 13.9. The lowest BCUT2D eigenvalue weighted by Crippen LogP contribution is -2.54. The largest absolute Gasteiger partial charge is 0.346 e. The van der Waals surface area contributed by atoms with Crippen LogP contribution in [-0.2, 0) is 24.4 Å². The van der Waals surface area contributed by atoms with Crippen molar-refractivity contribution in [3.8, 4) is 11.4 Å². The van der Waals surface area contributed by atoms with E-state index in [4.69, 9.17) is 0 Å². The van der Waals surface area contributed by atoms with Gasteiger partial charge in [0.2, 0.25) is 27.7 Å². The molecule has 3 fully saturated rings. The van der Waals surface area contributed by atoms with Gasteiger partial charge in [-0.2, -0.15) is 4.80 Å². The quantitative estimate of drug-likeness (QED) is 0.504. The van der Waals surface area contributed by atoms with E-state index < -0.39 is 44.5 Å². The summed E-state index contributed by atoms with van der Waals surface area (Å²) in [6.45, 7) is 0.580. The number of sulfonamides is 1. The molecule has 1 aromatic heterocycles. The van der Waals surface area contributed by atoms with E-state index in [0.717, 1.165) is 24.8 Å². The van der Waals surface area contributed by atoms with Crippen molar-refractivity contribution in [1.82, 2.24) is 35.1 Å². The Bertz CT molecular complexity index is 1470. The Balaban J connectivity index is 1.27. The number of hydrogen-bond acceptors (Lipinski definition) is 8. The fourth-order valence-electron chi connectivity index (χ4n) is 6.09. The van der Waals surface area contributed by atoms with E-state index in [1.165, 1.54) is 4.80 Å². The monoisotopic (exact) mass is 581 g/mol. The molecule has 3 saturated carbocycles. The number of tetrazole rings is 1. The van der Waals surface area contributed by atoms with E-state index in [1.54, 1.807) is 11.9 Å². The van der Waals surface area contributed by atoms with Gasteiger partial charge >= 0.3 is 0 Å². The molecule has 6 rings (SSSR count). The van der Waals surface area contributed by atoms with Crippen LogP contribution in [0.5, 0.6) is 0 Å². The highest BCUT2D eigenvalue weighted by atomic mass is 32.2. The van der Waals surface area contributed by atoms with Crippen LogP contribution in [0.2, 0.25) is 0 Å². The Morgan fingerprint density at radius 3 is 2.61 bits per heavy atom. The van der Waals surface area contributed by atoms with E-state index in [9.17, 15) is 22.8 Å². The highest BCUT2D eigenvalue weighted by Crippen LogP contribution is 2.47. The number of nitrogens with zero attached hydrogens (tertiary/aromatic N) is 5. The fraction of sp³-hybridized carbons (Fsp3) is 0.571. The van der Waals surface area contributed by atoms with Crippen molar-refractivity contribution in [3.63, 3.8) is 0 Å². The third kappa shape index (κ3) is 5.51. The van der Waals surface area contributed by atoms with Gasteiger partial charge in [0.1, 0.15) is 5.54 Å². The Hall–Kier alpha value is -3.61. The average molecular weight is 582 g/mol. The molecule has 5 unspecified atom stereocenters. The van der Waals surface area contributed by atoms with Crippen LogP contribution in [0, 0.1) is 17.8 Å². The van der Waals surface area contributed by atoms with Gasteiger partial charge in [-0.3, -0.25) is 19.1 Å². The first-order valence-electron chi connectivity index (χ1n) is 14.3. The third-order valence-corrected chi connectivity index (χ3v) is 10.6. The van der Waals surface area contributed by atoms with Gasteiger partial charge in [-0.05, 0) is 56.6 Å². The zero-order chi connectivity index (χ0) is 28.8. The van der Waals surface area contributed by atoms with Crippen LogP contribution < -0.4 is 10.0 Å². The SMILES string of the molecule is CN1CCCC/C=C/C2CC2(C(=O)NS(=O)(=O)C2CC2)NC(=O)C2CC(n3nnc(-c4ccccc4)n3)CC2C1=O. The van der Waals surface area contributed by atoms with Gasteiger partial charge in [0.15, 0.2) is 0 Å². The molecule has 2 heterocycles. The number of benzene rings is 1. The first-order chi connectivity index (χ1) is 19.7. The summed E-state index contributed by atoms with van der Waals surface area (Å²) in [4.78, 5) is 44.0. The van der Waals surface area contributed by atoms with E-state index in [2.05, 4.69) is 25.4 Å². The van der Waals surface area contributed by atoms with Gasteiger partial charge < -0.3 is 10.2 Å². The average Bonchev–Trinajstić information content (AvgIpc) is 3.82. The summed E-state index contributed by atoms with van der Waals surface area (Å²) in [5.74, 6) is -2.51. The maximum Gasteiger partial charge on any atom is 0.259 e. The van der Waals surface area contributed by atoms with Crippen LogP contribution in [0.15, 0.2) is 42.5 Å². The summed E-state index contributed by atoms with van der Waals surface area (Å²) in [5, 5.41) is 15.3. The molecular weight excluding hydrogens is 546 g/mol. The zero-order valence-electron chi connectivity index (χ0n) is 23.0. The first kappa shape index (κ1) is 27.6. The van der Waals surface area contributed by atoms with E-state index in [0.29, 0.717) is 44.5 Å². The highest BCUT2D eigenvalue weighted by Gasteiger charge is 2.62. The molecule has 218 valence electrons. The van der Waals surface area contributed by atoms with Crippen molar-refractivity contribution in [2.75, 3.05) is 13.6 Å². The molecule has 4 aliphatic rings. The number of hydrogen-bond donors (Lipinski definition) is 2. The molecule has 2 aromatic rings. The molecular formula is C28H35N7O5S. The Labute approximate surface area is 239 Å². The van der Waals surface area contributed by atoms with Gasteiger partial charge in [-0.1, -0.05) is 42.5 Å². The van der Waals surface area contributed by atoms with Crippen LogP contribution in [0.25, 0.3) is 11.4 Å². The summed E-state index contributed by atoms with van der Waals surface area (Å²) in [7, 11) is -2.04. The molecule has 0 saturated heterocycles. The summed E-state index contributed by atoms with van der Waals surface area (Å²) >= 11 is 0. The number of carbonyl (C=O) groups excluding carboxylic acids is 3. The molecule has 0 spiro atoms. The van der Waals surface area contributed by atoms with Crippen molar-refractivity contribution in [3.05, 3.63) is 42.5 Å². The Morgan fingerprint density at radius 2 is 1.85 bits per heavy atom. The minimum Gasteiger partial charge on any atom is -0.346 e. The van der Waals surface area contributed by atoms with Crippen molar-refractivity contribution in [1.29, 1.82) is 0 Å². The molecule has 1 aliphatic heterocycles. The lowest BCUT2D eigenvalue weighted by Gasteiger charge is -2.26. The standard InChI is InChI=1S/C28H35N7O5S/c1-34-14-8-3-2-7-11-19-17-28(19,27(38)32-41(39,40)21-12-13-21)29-25(36)22-15-20(16-23(22)26(34)37)35-31-24(30-33-35)18-9-5-4-6-10-18/h4-7,9-11,19-23H,2-3,8,12-17H2,1H3,(H,29,36)(H,32,38)/b11-7+. The van der Waals surface area contributed by atoms with Crippen LogP contribution in [0.3, 0.4) is 0 Å². The Kier molecular flexibility index (Phi) is 7.16. The predicted octanol–water partition coefficient (Wildman–Crippen LogP) is 1.59. The molecule has 13 heteroatoms. The second kappa shape index (κ2) is 10.7. The molecule has 3 aliphatic carbocycles. The number of rotatable bonds is 5. The zero-order valence-corrected chi connectivity index (χ0v) is 23.8. The maximum absolute atomic E-state index is 13.9. The van der Waals surface area contributed by atoms with Gasteiger partial charge in [0.05, 0.1) is 23.1 Å². The molecule has 41 heavy (non-hydrogen) atoms. The van der Waals surface area contributed by atoms with Gasteiger partial charge in [0.25, 0.3) is 5.91 Å². The normalized spacial score (nSPS) is 31.4. The van der Waals surface area contributed by atoms with Crippen LogP contribution in [0.4, 0.5) is 0 Å². The number of fused-ring (bicyclic) bond motifs is 2. The number of nitrogens with one attached hydrogen (secondary N) is 2. The first-order valence-corrected chi connectivity index (χ1v) is 15.9. The molecule has 2 N–H and O–H groups in total. The van der Waals surface area contributed by atoms with E-state index >= 15 is 0 Å². The number of allylic oxidation sites excluding steroid dienone is 1.